The minimum Gasteiger partial charge on any atom is -0.481 e. The molecule has 1 aliphatic rings. The summed E-state index contributed by atoms with van der Waals surface area (Å²) in [6, 6.07) is 2.92. The van der Waals surface area contributed by atoms with E-state index in [1.54, 1.807) is 0 Å². The van der Waals surface area contributed by atoms with Gasteiger partial charge < -0.3 is 20.1 Å². The van der Waals surface area contributed by atoms with E-state index in [0.29, 0.717) is 0 Å². The first-order valence-electron chi connectivity index (χ1n) is 7.28. The van der Waals surface area contributed by atoms with Gasteiger partial charge in [0.25, 0.3) is 0 Å². The number of halogens is 4. The second-order valence-corrected chi connectivity index (χ2v) is 6.05. The van der Waals surface area contributed by atoms with Gasteiger partial charge >= 0.3 is 24.1 Å². The van der Waals surface area contributed by atoms with Crippen LogP contribution >= 0.6 is 11.6 Å². The summed E-state index contributed by atoms with van der Waals surface area (Å²) in [4.78, 5) is 35.8. The smallest absolute Gasteiger partial charge is 0.394 e. The third kappa shape index (κ3) is 4.18. The summed E-state index contributed by atoms with van der Waals surface area (Å²) in [7, 11) is 1.12. The Morgan fingerprint density at radius 3 is 2.46 bits per heavy atom. The number of methoxy groups -OCH3 is 1. The number of rotatable bonds is 3. The number of nitrogens with zero attached hydrogens (tertiary/aromatic N) is 1. The molecule has 2 rings (SSSR count). The molecule has 0 spiro atoms. The molecule has 0 unspecified atom stereocenters. The number of ether oxygens (including phenoxy) is 1. The number of esters is 1. The Hall–Kier alpha value is -2.49. The SMILES string of the molecule is COC(=O)c1ccc(Cl)cc1NC(=O)N1C[C@@H](C(F)(F)F)[C@H](C(=O)O)C1. The number of carbonyl (C=O) groups excluding carboxylic acids is 2. The largest absolute Gasteiger partial charge is 0.481 e. The van der Waals surface area contributed by atoms with Crippen LogP contribution in [-0.2, 0) is 9.53 Å². The zero-order valence-electron chi connectivity index (χ0n) is 13.3. The zero-order valence-corrected chi connectivity index (χ0v) is 14.1. The minimum absolute atomic E-state index is 0.0494. The van der Waals surface area contributed by atoms with Crippen molar-refractivity contribution in [3.05, 3.63) is 28.8 Å². The molecule has 142 valence electrons. The number of likely N-dealkylation sites (tertiary alicyclic amines) is 1. The maximum atomic E-state index is 13.0. The normalized spacial score (nSPS) is 20.0. The van der Waals surface area contributed by atoms with Gasteiger partial charge in [-0.3, -0.25) is 4.79 Å². The number of hydrogen-bond donors (Lipinski definition) is 2. The minimum atomic E-state index is -4.76. The average molecular weight is 395 g/mol. The highest BCUT2D eigenvalue weighted by atomic mass is 35.5. The van der Waals surface area contributed by atoms with E-state index < -0.39 is 49.1 Å². The molecule has 2 atom stereocenters. The molecule has 0 bridgehead atoms. The van der Waals surface area contributed by atoms with Gasteiger partial charge in [-0.2, -0.15) is 13.2 Å². The lowest BCUT2D eigenvalue weighted by Gasteiger charge is -2.19. The monoisotopic (exact) mass is 394 g/mol. The number of aliphatic carboxylic acids is 1. The van der Waals surface area contributed by atoms with Crippen molar-refractivity contribution in [3.63, 3.8) is 0 Å². The predicted molar refractivity (Wildman–Crippen MR) is 84.1 cm³/mol. The lowest BCUT2D eigenvalue weighted by atomic mass is 9.96. The van der Waals surface area contributed by atoms with Crippen LogP contribution in [0.4, 0.5) is 23.7 Å². The number of nitrogens with one attached hydrogen (secondary N) is 1. The summed E-state index contributed by atoms with van der Waals surface area (Å²) in [6.07, 6.45) is -4.76. The molecule has 1 heterocycles. The van der Waals surface area contributed by atoms with Gasteiger partial charge in [-0.1, -0.05) is 11.6 Å². The molecular formula is C15H14ClF3N2O5. The van der Waals surface area contributed by atoms with Crippen LogP contribution in [0.25, 0.3) is 0 Å². The Kier molecular flexibility index (Phi) is 5.65. The van der Waals surface area contributed by atoms with Crippen LogP contribution in [0, 0.1) is 11.8 Å². The van der Waals surface area contributed by atoms with Crippen molar-refractivity contribution in [2.75, 3.05) is 25.5 Å². The molecule has 7 nitrogen and oxygen atoms in total. The molecule has 1 aliphatic heterocycles. The van der Waals surface area contributed by atoms with Crippen LogP contribution in [0.3, 0.4) is 0 Å². The van der Waals surface area contributed by atoms with Crippen molar-refractivity contribution >= 4 is 35.3 Å². The van der Waals surface area contributed by atoms with Gasteiger partial charge in [-0.15, -0.1) is 0 Å². The Bertz CT molecular complexity index is 740. The van der Waals surface area contributed by atoms with Crippen molar-refractivity contribution < 1.29 is 37.4 Å². The van der Waals surface area contributed by atoms with Crippen LogP contribution in [0.2, 0.25) is 5.02 Å². The number of carboxylic acid groups (broad SMARTS) is 1. The quantitative estimate of drug-likeness (QED) is 0.768. The number of hydrogen-bond acceptors (Lipinski definition) is 4. The lowest BCUT2D eigenvalue weighted by Crippen LogP contribution is -2.35. The third-order valence-electron chi connectivity index (χ3n) is 3.97. The molecule has 0 saturated carbocycles. The number of carboxylic acids is 1. The highest BCUT2D eigenvalue weighted by molar-refractivity contribution is 6.31. The van der Waals surface area contributed by atoms with Crippen LogP contribution < -0.4 is 5.32 Å². The number of amides is 2. The number of alkyl halides is 3. The van der Waals surface area contributed by atoms with E-state index in [-0.39, 0.29) is 16.3 Å². The van der Waals surface area contributed by atoms with E-state index in [2.05, 4.69) is 10.1 Å². The number of anilines is 1. The van der Waals surface area contributed by atoms with Crippen molar-refractivity contribution in [1.29, 1.82) is 0 Å². The summed E-state index contributed by atoms with van der Waals surface area (Å²) < 4.78 is 43.6. The fourth-order valence-corrected chi connectivity index (χ4v) is 2.83. The molecule has 0 aliphatic carbocycles. The fourth-order valence-electron chi connectivity index (χ4n) is 2.65. The van der Waals surface area contributed by atoms with E-state index in [0.717, 1.165) is 12.0 Å². The second kappa shape index (κ2) is 7.40. The predicted octanol–water partition coefficient (Wildman–Crippen LogP) is 2.85. The zero-order chi connectivity index (χ0) is 19.6. The van der Waals surface area contributed by atoms with E-state index in [9.17, 15) is 27.6 Å². The molecule has 2 amide bonds. The molecule has 1 fully saturated rings. The van der Waals surface area contributed by atoms with Gasteiger partial charge in [0.2, 0.25) is 0 Å². The van der Waals surface area contributed by atoms with Gasteiger partial charge in [0, 0.05) is 18.1 Å². The number of benzene rings is 1. The van der Waals surface area contributed by atoms with Crippen molar-refractivity contribution in [2.45, 2.75) is 6.18 Å². The van der Waals surface area contributed by atoms with E-state index in [4.69, 9.17) is 16.7 Å². The highest BCUT2D eigenvalue weighted by Gasteiger charge is 2.53. The third-order valence-corrected chi connectivity index (χ3v) is 4.21. The van der Waals surface area contributed by atoms with Crippen LogP contribution in [-0.4, -0.2) is 54.4 Å². The Labute approximate surface area is 150 Å². The van der Waals surface area contributed by atoms with Crippen molar-refractivity contribution in [2.24, 2.45) is 11.8 Å². The molecule has 0 radical (unpaired) electrons. The van der Waals surface area contributed by atoms with Gasteiger partial charge in [0.15, 0.2) is 0 Å². The molecule has 1 aromatic rings. The topological polar surface area (TPSA) is 95.9 Å². The highest BCUT2D eigenvalue weighted by Crippen LogP contribution is 2.38. The van der Waals surface area contributed by atoms with Gasteiger partial charge in [0.1, 0.15) is 0 Å². The first-order chi connectivity index (χ1) is 12.0. The maximum absolute atomic E-state index is 13.0. The molecular weight excluding hydrogens is 381 g/mol. The first-order valence-corrected chi connectivity index (χ1v) is 7.65. The average Bonchev–Trinajstić information content (AvgIpc) is 3.00. The molecule has 1 saturated heterocycles. The van der Waals surface area contributed by atoms with Crippen LogP contribution in [0.1, 0.15) is 10.4 Å². The van der Waals surface area contributed by atoms with Crippen LogP contribution in [0.5, 0.6) is 0 Å². The maximum Gasteiger partial charge on any atom is 0.394 e. The molecule has 2 N–H and O–H groups in total. The van der Waals surface area contributed by atoms with E-state index in [1.165, 1.54) is 18.2 Å². The van der Waals surface area contributed by atoms with Gasteiger partial charge in [-0.25, -0.2) is 9.59 Å². The van der Waals surface area contributed by atoms with E-state index >= 15 is 0 Å². The molecule has 0 aromatic heterocycles. The fraction of sp³-hybridized carbons (Fsp3) is 0.400. The Morgan fingerprint density at radius 1 is 1.31 bits per heavy atom. The number of urea groups is 1. The van der Waals surface area contributed by atoms with Gasteiger partial charge in [-0.05, 0) is 18.2 Å². The van der Waals surface area contributed by atoms with Gasteiger partial charge in [0.05, 0.1) is 30.2 Å². The summed E-state index contributed by atoms with van der Waals surface area (Å²) in [5.74, 6) is -6.36. The molecule has 1 aromatic carbocycles. The molecule has 26 heavy (non-hydrogen) atoms. The summed E-state index contributed by atoms with van der Waals surface area (Å²) in [5, 5.41) is 11.4. The Morgan fingerprint density at radius 2 is 1.96 bits per heavy atom. The second-order valence-electron chi connectivity index (χ2n) is 5.61. The van der Waals surface area contributed by atoms with E-state index in [1.807, 2.05) is 0 Å². The number of carbonyl (C=O) groups is 3. The first kappa shape index (κ1) is 19.8. The van der Waals surface area contributed by atoms with Crippen LogP contribution in [0.15, 0.2) is 18.2 Å². The van der Waals surface area contributed by atoms with Crippen molar-refractivity contribution in [3.8, 4) is 0 Å². The Balaban J connectivity index is 2.22. The lowest BCUT2D eigenvalue weighted by molar-refractivity contribution is -0.187. The summed E-state index contributed by atoms with van der Waals surface area (Å²) >= 11 is 5.81. The summed E-state index contributed by atoms with van der Waals surface area (Å²) in [6.45, 7) is -1.42. The molecule has 11 heteroatoms. The standard InChI is InChI=1S/C15H14ClF3N2O5/c1-26-13(24)8-3-2-7(16)4-11(8)20-14(25)21-5-9(12(22)23)10(6-21)15(17,18)19/h2-4,9-10H,5-6H2,1H3,(H,20,25)(H,22,23)/t9-,10-/m1/s1. The van der Waals surface area contributed by atoms with Crippen molar-refractivity contribution in [1.82, 2.24) is 4.90 Å². The summed E-state index contributed by atoms with van der Waals surface area (Å²) in [5.41, 5.74) is -0.108.